The summed E-state index contributed by atoms with van der Waals surface area (Å²) in [7, 11) is 0. The molecular weight excluding hydrogens is 334 g/mol. The van der Waals surface area contributed by atoms with Gasteiger partial charge in [-0.2, -0.15) is 0 Å². The van der Waals surface area contributed by atoms with Crippen molar-refractivity contribution in [3.05, 3.63) is 64.2 Å². The molecule has 0 bridgehead atoms. The first-order valence-electron chi connectivity index (χ1n) is 8.45. The van der Waals surface area contributed by atoms with Crippen molar-refractivity contribution in [2.75, 3.05) is 25.0 Å². The fourth-order valence-corrected chi connectivity index (χ4v) is 2.15. The van der Waals surface area contributed by atoms with E-state index in [4.69, 9.17) is 4.74 Å². The second-order valence-corrected chi connectivity index (χ2v) is 6.22. The van der Waals surface area contributed by atoms with E-state index in [0.717, 1.165) is 11.4 Å². The number of anilines is 1. The number of ether oxygens (including phenoxy) is 1. The SMILES string of the molecule is CC(C)COc1ccc(C(=O)NCCNc2ccc([N+](=O)[O-])cc2)cc1. The molecule has 7 nitrogen and oxygen atoms in total. The molecule has 0 saturated carbocycles. The number of non-ortho nitro benzene ring substituents is 1. The van der Waals surface area contributed by atoms with Crippen molar-refractivity contribution in [2.24, 2.45) is 5.92 Å². The van der Waals surface area contributed by atoms with Gasteiger partial charge in [0, 0.05) is 36.5 Å². The third kappa shape index (κ3) is 6.08. The van der Waals surface area contributed by atoms with Crippen LogP contribution >= 0.6 is 0 Å². The van der Waals surface area contributed by atoms with Gasteiger partial charge in [-0.05, 0) is 42.3 Å². The van der Waals surface area contributed by atoms with Crippen LogP contribution in [-0.4, -0.2) is 30.5 Å². The first kappa shape index (κ1) is 19.2. The van der Waals surface area contributed by atoms with Crippen LogP contribution in [0.2, 0.25) is 0 Å². The molecule has 7 heteroatoms. The third-order valence-electron chi connectivity index (χ3n) is 3.52. The molecule has 0 aliphatic carbocycles. The van der Waals surface area contributed by atoms with Gasteiger partial charge in [0.05, 0.1) is 11.5 Å². The number of carbonyl (C=O) groups excluding carboxylic acids is 1. The molecule has 0 aliphatic rings. The maximum absolute atomic E-state index is 12.1. The van der Waals surface area contributed by atoms with E-state index in [0.29, 0.717) is 31.2 Å². The molecule has 26 heavy (non-hydrogen) atoms. The van der Waals surface area contributed by atoms with E-state index in [-0.39, 0.29) is 11.6 Å². The Kier molecular flexibility index (Phi) is 6.96. The predicted octanol–water partition coefficient (Wildman–Crippen LogP) is 3.47. The Hall–Kier alpha value is -3.09. The Labute approximate surface area is 152 Å². The van der Waals surface area contributed by atoms with Gasteiger partial charge in [0.2, 0.25) is 0 Å². The highest BCUT2D eigenvalue weighted by Gasteiger charge is 2.06. The molecule has 2 aromatic rings. The van der Waals surface area contributed by atoms with E-state index < -0.39 is 4.92 Å². The van der Waals surface area contributed by atoms with Crippen molar-refractivity contribution in [1.82, 2.24) is 5.32 Å². The molecule has 0 radical (unpaired) electrons. The van der Waals surface area contributed by atoms with Crippen LogP contribution in [0.15, 0.2) is 48.5 Å². The van der Waals surface area contributed by atoms with Crippen molar-refractivity contribution >= 4 is 17.3 Å². The Morgan fingerprint density at radius 2 is 1.73 bits per heavy atom. The fourth-order valence-electron chi connectivity index (χ4n) is 2.15. The molecule has 2 rings (SSSR count). The zero-order valence-electron chi connectivity index (χ0n) is 14.9. The molecular formula is C19H23N3O4. The standard InChI is InChI=1S/C19H23N3O4/c1-14(2)13-26-18-9-3-15(4-10-18)19(23)21-12-11-20-16-5-7-17(8-6-16)22(24)25/h3-10,14,20H,11-13H2,1-2H3,(H,21,23). The molecule has 0 heterocycles. The lowest BCUT2D eigenvalue weighted by atomic mass is 10.2. The highest BCUT2D eigenvalue weighted by molar-refractivity contribution is 5.94. The van der Waals surface area contributed by atoms with E-state index in [2.05, 4.69) is 24.5 Å². The highest BCUT2D eigenvalue weighted by Crippen LogP contribution is 2.15. The highest BCUT2D eigenvalue weighted by atomic mass is 16.6. The lowest BCUT2D eigenvalue weighted by Gasteiger charge is -2.10. The molecule has 0 saturated heterocycles. The van der Waals surface area contributed by atoms with Crippen molar-refractivity contribution in [1.29, 1.82) is 0 Å². The molecule has 0 aliphatic heterocycles. The number of nitro groups is 1. The van der Waals surface area contributed by atoms with Crippen LogP contribution in [0.3, 0.4) is 0 Å². The van der Waals surface area contributed by atoms with Crippen LogP contribution < -0.4 is 15.4 Å². The van der Waals surface area contributed by atoms with Gasteiger partial charge in [0.25, 0.3) is 11.6 Å². The molecule has 138 valence electrons. The molecule has 2 N–H and O–H groups in total. The minimum Gasteiger partial charge on any atom is -0.493 e. The zero-order chi connectivity index (χ0) is 18.9. The average Bonchev–Trinajstić information content (AvgIpc) is 2.64. The number of carbonyl (C=O) groups is 1. The summed E-state index contributed by atoms with van der Waals surface area (Å²) in [5, 5.41) is 16.5. The lowest BCUT2D eigenvalue weighted by Crippen LogP contribution is -2.28. The summed E-state index contributed by atoms with van der Waals surface area (Å²) in [6.07, 6.45) is 0. The van der Waals surface area contributed by atoms with Gasteiger partial charge in [-0.1, -0.05) is 13.8 Å². The molecule has 0 aromatic heterocycles. The first-order valence-corrected chi connectivity index (χ1v) is 8.45. The Morgan fingerprint density at radius 3 is 2.31 bits per heavy atom. The van der Waals surface area contributed by atoms with Crippen LogP contribution in [0, 0.1) is 16.0 Å². The fraction of sp³-hybridized carbons (Fsp3) is 0.316. The summed E-state index contributed by atoms with van der Waals surface area (Å²) in [6.45, 7) is 5.74. The van der Waals surface area contributed by atoms with Crippen LogP contribution in [0.1, 0.15) is 24.2 Å². The second-order valence-electron chi connectivity index (χ2n) is 6.22. The maximum Gasteiger partial charge on any atom is 0.269 e. The minimum absolute atomic E-state index is 0.0460. The molecule has 2 aromatic carbocycles. The van der Waals surface area contributed by atoms with E-state index in [1.807, 2.05) is 0 Å². The average molecular weight is 357 g/mol. The number of rotatable bonds is 9. The van der Waals surface area contributed by atoms with Crippen LogP contribution in [-0.2, 0) is 0 Å². The summed E-state index contributed by atoms with van der Waals surface area (Å²) in [6, 6.07) is 13.2. The minimum atomic E-state index is -0.441. The number of hydrogen-bond acceptors (Lipinski definition) is 5. The number of benzene rings is 2. The summed E-state index contributed by atoms with van der Waals surface area (Å²) < 4.78 is 5.59. The molecule has 0 atom stereocenters. The largest absolute Gasteiger partial charge is 0.493 e. The normalized spacial score (nSPS) is 10.4. The van der Waals surface area contributed by atoms with Gasteiger partial charge in [-0.15, -0.1) is 0 Å². The summed E-state index contributed by atoms with van der Waals surface area (Å²) in [5.74, 6) is 1.03. The number of amides is 1. The van der Waals surface area contributed by atoms with Gasteiger partial charge < -0.3 is 15.4 Å². The zero-order valence-corrected chi connectivity index (χ0v) is 14.9. The Bertz CT molecular complexity index is 727. The molecule has 0 unspecified atom stereocenters. The van der Waals surface area contributed by atoms with Crippen molar-refractivity contribution in [3.8, 4) is 5.75 Å². The number of hydrogen-bond donors (Lipinski definition) is 2. The van der Waals surface area contributed by atoms with Gasteiger partial charge >= 0.3 is 0 Å². The summed E-state index contributed by atoms with van der Waals surface area (Å²) in [4.78, 5) is 22.3. The maximum atomic E-state index is 12.1. The quantitative estimate of drug-likeness (QED) is 0.407. The third-order valence-corrected chi connectivity index (χ3v) is 3.52. The van der Waals surface area contributed by atoms with E-state index in [1.165, 1.54) is 12.1 Å². The lowest BCUT2D eigenvalue weighted by molar-refractivity contribution is -0.384. The smallest absolute Gasteiger partial charge is 0.269 e. The van der Waals surface area contributed by atoms with Gasteiger partial charge in [0.15, 0.2) is 0 Å². The van der Waals surface area contributed by atoms with Gasteiger partial charge in [-0.25, -0.2) is 0 Å². The van der Waals surface area contributed by atoms with E-state index in [1.54, 1.807) is 36.4 Å². The second kappa shape index (κ2) is 9.41. The number of nitrogens with one attached hydrogen (secondary N) is 2. The van der Waals surface area contributed by atoms with E-state index >= 15 is 0 Å². The first-order chi connectivity index (χ1) is 12.5. The van der Waals surface area contributed by atoms with Crippen molar-refractivity contribution in [3.63, 3.8) is 0 Å². The Balaban J connectivity index is 1.73. The van der Waals surface area contributed by atoms with Gasteiger partial charge in [0.1, 0.15) is 5.75 Å². The molecule has 1 amide bonds. The van der Waals surface area contributed by atoms with Crippen molar-refractivity contribution < 1.29 is 14.5 Å². The Morgan fingerprint density at radius 1 is 1.08 bits per heavy atom. The molecule has 0 fully saturated rings. The monoisotopic (exact) mass is 357 g/mol. The van der Waals surface area contributed by atoms with Gasteiger partial charge in [-0.3, -0.25) is 14.9 Å². The van der Waals surface area contributed by atoms with Crippen LogP contribution in [0.4, 0.5) is 11.4 Å². The van der Waals surface area contributed by atoms with Crippen LogP contribution in [0.25, 0.3) is 0 Å². The summed E-state index contributed by atoms with van der Waals surface area (Å²) in [5.41, 5.74) is 1.37. The number of nitro benzene ring substituents is 1. The van der Waals surface area contributed by atoms with Crippen LogP contribution in [0.5, 0.6) is 5.75 Å². The van der Waals surface area contributed by atoms with Crippen molar-refractivity contribution in [2.45, 2.75) is 13.8 Å². The molecule has 0 spiro atoms. The predicted molar refractivity (Wildman–Crippen MR) is 101 cm³/mol. The van der Waals surface area contributed by atoms with E-state index in [9.17, 15) is 14.9 Å². The topological polar surface area (TPSA) is 93.5 Å². The summed E-state index contributed by atoms with van der Waals surface area (Å²) >= 11 is 0. The number of nitrogens with zero attached hydrogens (tertiary/aromatic N) is 1.